The van der Waals surface area contributed by atoms with Gasteiger partial charge in [-0.05, 0) is 55.1 Å². The molecule has 0 radical (unpaired) electrons. The lowest BCUT2D eigenvalue weighted by molar-refractivity contribution is -0.302. The van der Waals surface area contributed by atoms with Crippen LogP contribution in [0.15, 0.2) is 22.8 Å². The Balaban J connectivity index is 1.42. The van der Waals surface area contributed by atoms with Gasteiger partial charge in [0.05, 0.1) is 13.2 Å². The molecule has 142 valence electrons. The molecule has 2 fully saturated rings. The van der Waals surface area contributed by atoms with Gasteiger partial charge in [0.1, 0.15) is 5.78 Å². The topological polar surface area (TPSA) is 35.5 Å². The van der Waals surface area contributed by atoms with E-state index in [1.54, 1.807) is 16.7 Å². The Morgan fingerprint density at radius 3 is 2.58 bits per heavy atom. The van der Waals surface area contributed by atoms with Crippen molar-refractivity contribution in [2.75, 3.05) is 13.2 Å². The number of ketones is 1. The molecule has 3 nitrogen and oxygen atoms in total. The van der Waals surface area contributed by atoms with Crippen molar-refractivity contribution in [2.45, 2.75) is 77.9 Å². The lowest BCUT2D eigenvalue weighted by atomic mass is 9.58. The van der Waals surface area contributed by atoms with E-state index in [0.29, 0.717) is 17.6 Å². The van der Waals surface area contributed by atoms with Crippen LogP contribution in [0.25, 0.3) is 0 Å². The number of hydrogen-bond acceptors (Lipinski definition) is 3. The first-order chi connectivity index (χ1) is 12.3. The Labute approximate surface area is 157 Å². The van der Waals surface area contributed by atoms with E-state index in [1.165, 1.54) is 6.42 Å². The zero-order valence-corrected chi connectivity index (χ0v) is 16.5. The fourth-order valence-electron chi connectivity index (χ4n) is 6.32. The molecule has 26 heavy (non-hydrogen) atoms. The third-order valence-electron chi connectivity index (χ3n) is 7.99. The smallest absolute Gasteiger partial charge is 0.172 e. The summed E-state index contributed by atoms with van der Waals surface area (Å²) in [5, 5.41) is 0. The molecule has 0 amide bonds. The number of carbonyl (C=O) groups is 1. The van der Waals surface area contributed by atoms with Crippen molar-refractivity contribution in [2.24, 2.45) is 22.7 Å². The molecule has 1 saturated heterocycles. The summed E-state index contributed by atoms with van der Waals surface area (Å²) in [5.41, 5.74) is 4.82. The highest BCUT2D eigenvalue weighted by atomic mass is 16.7. The van der Waals surface area contributed by atoms with Gasteiger partial charge >= 0.3 is 0 Å². The number of rotatable bonds is 0. The minimum absolute atomic E-state index is 0.0801. The number of Topliss-reactive ketones (excluding diaryl/α,β-unsaturated/α-hetero) is 1. The van der Waals surface area contributed by atoms with Crippen LogP contribution in [0.2, 0.25) is 0 Å². The highest BCUT2D eigenvalue weighted by Gasteiger charge is 2.53. The molecule has 0 bridgehead atoms. The van der Waals surface area contributed by atoms with E-state index in [0.717, 1.165) is 58.2 Å². The van der Waals surface area contributed by atoms with Gasteiger partial charge in [0.25, 0.3) is 0 Å². The second-order valence-corrected chi connectivity index (χ2v) is 10.4. The summed E-state index contributed by atoms with van der Waals surface area (Å²) in [6.07, 6.45) is 10.7. The van der Waals surface area contributed by atoms with Crippen LogP contribution in [0, 0.1) is 22.7 Å². The van der Waals surface area contributed by atoms with E-state index >= 15 is 0 Å². The highest BCUT2D eigenvalue weighted by Crippen LogP contribution is 2.58. The monoisotopic (exact) mass is 356 g/mol. The minimum atomic E-state index is -0.367. The SMILES string of the molecule is CC1(C)COC2(CCC3=C(CCC4C3=CC[C@]3(C)C(=O)CCC43)C2)OC1. The Kier molecular flexibility index (Phi) is 3.66. The Hall–Kier alpha value is -0.930. The van der Waals surface area contributed by atoms with Crippen LogP contribution in [-0.4, -0.2) is 24.8 Å². The molecular weight excluding hydrogens is 324 g/mol. The molecule has 0 aromatic carbocycles. The number of carbonyl (C=O) groups excluding carboxylic acids is 1. The summed E-state index contributed by atoms with van der Waals surface area (Å²) >= 11 is 0. The zero-order valence-electron chi connectivity index (χ0n) is 16.5. The van der Waals surface area contributed by atoms with E-state index in [-0.39, 0.29) is 16.6 Å². The Morgan fingerprint density at radius 2 is 1.81 bits per heavy atom. The molecule has 1 heterocycles. The Bertz CT molecular complexity index is 703. The van der Waals surface area contributed by atoms with E-state index < -0.39 is 0 Å². The molecule has 1 aliphatic heterocycles. The van der Waals surface area contributed by atoms with Gasteiger partial charge in [-0.3, -0.25) is 4.79 Å². The molecular formula is C23H32O3. The average Bonchev–Trinajstić information content (AvgIpc) is 2.93. The Morgan fingerprint density at radius 1 is 1.04 bits per heavy atom. The van der Waals surface area contributed by atoms with Gasteiger partial charge in [-0.25, -0.2) is 0 Å². The third kappa shape index (κ3) is 2.43. The predicted molar refractivity (Wildman–Crippen MR) is 101 cm³/mol. The normalized spacial score (nSPS) is 40.7. The van der Waals surface area contributed by atoms with E-state index in [4.69, 9.17) is 9.47 Å². The summed E-state index contributed by atoms with van der Waals surface area (Å²) in [5.74, 6) is 1.32. The predicted octanol–water partition coefficient (Wildman–Crippen LogP) is 4.96. The number of fused-ring (bicyclic) bond motifs is 4. The lowest BCUT2D eigenvalue weighted by Gasteiger charge is -2.50. The molecule has 0 N–H and O–H groups in total. The summed E-state index contributed by atoms with van der Waals surface area (Å²) in [6.45, 7) is 8.25. The number of allylic oxidation sites excluding steroid dienone is 3. The molecule has 1 saturated carbocycles. The molecule has 3 heteroatoms. The molecule has 0 aromatic heterocycles. The van der Waals surface area contributed by atoms with Crippen molar-refractivity contribution in [3.05, 3.63) is 22.8 Å². The van der Waals surface area contributed by atoms with Crippen LogP contribution in [-0.2, 0) is 14.3 Å². The van der Waals surface area contributed by atoms with Crippen LogP contribution in [0.3, 0.4) is 0 Å². The molecule has 2 unspecified atom stereocenters. The maximum atomic E-state index is 12.5. The molecule has 3 atom stereocenters. The van der Waals surface area contributed by atoms with Gasteiger partial charge < -0.3 is 9.47 Å². The van der Waals surface area contributed by atoms with Crippen molar-refractivity contribution in [1.82, 2.24) is 0 Å². The van der Waals surface area contributed by atoms with Crippen LogP contribution in [0.1, 0.15) is 72.1 Å². The van der Waals surface area contributed by atoms with Crippen LogP contribution in [0.4, 0.5) is 0 Å². The molecule has 4 aliphatic carbocycles. The van der Waals surface area contributed by atoms with Crippen molar-refractivity contribution in [3.8, 4) is 0 Å². The first-order valence-electron chi connectivity index (χ1n) is 10.5. The fraction of sp³-hybridized carbons (Fsp3) is 0.783. The van der Waals surface area contributed by atoms with Crippen molar-refractivity contribution in [3.63, 3.8) is 0 Å². The molecule has 5 rings (SSSR count). The van der Waals surface area contributed by atoms with Crippen LogP contribution < -0.4 is 0 Å². The second-order valence-electron chi connectivity index (χ2n) is 10.4. The standard InChI is InChI=1S/C23H32O3/c1-21(2)13-25-23(26-14-21)11-9-16-15(12-23)4-5-18-17(16)8-10-22(3)19(18)6-7-20(22)24/h8,18-19H,4-7,9-14H2,1-3H3/t18?,19?,22-/m0/s1. The van der Waals surface area contributed by atoms with Gasteiger partial charge in [0.15, 0.2) is 5.79 Å². The second kappa shape index (κ2) is 5.54. The maximum Gasteiger partial charge on any atom is 0.172 e. The van der Waals surface area contributed by atoms with Gasteiger partial charge in [0.2, 0.25) is 0 Å². The largest absolute Gasteiger partial charge is 0.349 e. The minimum Gasteiger partial charge on any atom is -0.349 e. The molecule has 0 aromatic rings. The van der Waals surface area contributed by atoms with Crippen LogP contribution in [0.5, 0.6) is 0 Å². The van der Waals surface area contributed by atoms with Gasteiger partial charge in [-0.15, -0.1) is 0 Å². The summed E-state index contributed by atoms with van der Waals surface area (Å²) in [6, 6.07) is 0. The summed E-state index contributed by atoms with van der Waals surface area (Å²) in [7, 11) is 0. The third-order valence-corrected chi connectivity index (χ3v) is 7.99. The van der Waals surface area contributed by atoms with Gasteiger partial charge in [-0.1, -0.05) is 32.4 Å². The van der Waals surface area contributed by atoms with Gasteiger partial charge in [0, 0.05) is 30.1 Å². The molecule has 5 aliphatic rings. The van der Waals surface area contributed by atoms with Crippen molar-refractivity contribution in [1.29, 1.82) is 0 Å². The number of hydrogen-bond donors (Lipinski definition) is 0. The highest BCUT2D eigenvalue weighted by molar-refractivity contribution is 5.87. The summed E-state index contributed by atoms with van der Waals surface area (Å²) < 4.78 is 12.6. The van der Waals surface area contributed by atoms with Crippen molar-refractivity contribution >= 4 is 5.78 Å². The number of ether oxygens (including phenoxy) is 2. The molecule has 1 spiro atoms. The van der Waals surface area contributed by atoms with E-state index in [2.05, 4.69) is 26.8 Å². The summed E-state index contributed by atoms with van der Waals surface area (Å²) in [4.78, 5) is 12.5. The first-order valence-corrected chi connectivity index (χ1v) is 10.5. The quantitative estimate of drug-likeness (QED) is 0.615. The van der Waals surface area contributed by atoms with Crippen LogP contribution >= 0.6 is 0 Å². The average molecular weight is 357 g/mol. The van der Waals surface area contributed by atoms with Gasteiger partial charge in [-0.2, -0.15) is 0 Å². The first kappa shape index (κ1) is 17.2. The fourth-order valence-corrected chi connectivity index (χ4v) is 6.32. The zero-order chi connectivity index (χ0) is 18.2. The van der Waals surface area contributed by atoms with E-state index in [9.17, 15) is 4.79 Å². The van der Waals surface area contributed by atoms with Crippen molar-refractivity contribution < 1.29 is 14.3 Å². The maximum absolute atomic E-state index is 12.5. The lowest BCUT2D eigenvalue weighted by Crippen LogP contribution is -2.49. The van der Waals surface area contributed by atoms with E-state index in [1.807, 2.05) is 0 Å².